The van der Waals surface area contributed by atoms with E-state index in [-0.39, 0.29) is 6.42 Å². The number of halogens is 2. The summed E-state index contributed by atoms with van der Waals surface area (Å²) in [7, 11) is 0. The van der Waals surface area contributed by atoms with Crippen molar-refractivity contribution in [1.29, 1.82) is 0 Å². The maximum atomic E-state index is 13.5. The van der Waals surface area contributed by atoms with Crippen LogP contribution in [0.15, 0.2) is 0 Å². The summed E-state index contributed by atoms with van der Waals surface area (Å²) >= 11 is 0. The molecule has 2 fully saturated rings. The molecule has 0 aromatic heterocycles. The molecule has 3 nitrogen and oxygen atoms in total. The molecule has 19 heavy (non-hydrogen) atoms. The van der Waals surface area contributed by atoms with Crippen molar-refractivity contribution in [3.8, 4) is 0 Å². The van der Waals surface area contributed by atoms with Crippen molar-refractivity contribution in [1.82, 2.24) is 4.90 Å². The third kappa shape index (κ3) is 3.64. The maximum Gasteiger partial charge on any atom is 0.265 e. The summed E-state index contributed by atoms with van der Waals surface area (Å²) in [5.74, 6) is -2.30. The molecule has 1 saturated heterocycles. The van der Waals surface area contributed by atoms with Crippen molar-refractivity contribution in [2.24, 2.45) is 11.7 Å². The Bertz CT molecular complexity index is 299. The molecule has 0 unspecified atom stereocenters. The molecule has 2 aliphatic rings. The molecule has 112 valence electrons. The lowest BCUT2D eigenvalue weighted by atomic mass is 9.89. The molecule has 0 amide bonds. The number of hydrogen-bond donors (Lipinski definition) is 1. The van der Waals surface area contributed by atoms with Gasteiger partial charge in [-0.1, -0.05) is 0 Å². The summed E-state index contributed by atoms with van der Waals surface area (Å²) in [6.07, 6.45) is 1.69. The Kier molecular flexibility index (Phi) is 4.79. The number of alkyl halides is 2. The van der Waals surface area contributed by atoms with E-state index in [4.69, 9.17) is 10.5 Å². The molecule has 1 aliphatic carbocycles. The van der Waals surface area contributed by atoms with Crippen molar-refractivity contribution in [3.63, 3.8) is 0 Å². The molecule has 0 spiro atoms. The van der Waals surface area contributed by atoms with Crippen LogP contribution in [0.1, 0.15) is 39.5 Å². The average Bonchev–Trinajstić information content (AvgIpc) is 2.80. The van der Waals surface area contributed by atoms with Crippen LogP contribution in [0.5, 0.6) is 0 Å². The summed E-state index contributed by atoms with van der Waals surface area (Å²) in [6.45, 7) is 7.02. The number of ether oxygens (including phenoxy) is 1. The molecule has 2 rings (SSSR count). The van der Waals surface area contributed by atoms with Gasteiger partial charge in [0.2, 0.25) is 0 Å². The van der Waals surface area contributed by atoms with Crippen LogP contribution in [0.2, 0.25) is 0 Å². The number of nitrogens with two attached hydrogens (primary N) is 1. The zero-order valence-electron chi connectivity index (χ0n) is 11.9. The van der Waals surface area contributed by atoms with Crippen LogP contribution in [0, 0.1) is 5.92 Å². The van der Waals surface area contributed by atoms with Gasteiger partial charge in [0.25, 0.3) is 5.92 Å². The molecule has 5 heteroatoms. The molecule has 2 N–H and O–H groups in total. The van der Waals surface area contributed by atoms with Crippen LogP contribution < -0.4 is 5.73 Å². The summed E-state index contributed by atoms with van der Waals surface area (Å²) in [6, 6.07) is -0.588. The molecule has 1 saturated carbocycles. The van der Waals surface area contributed by atoms with E-state index >= 15 is 0 Å². The fourth-order valence-electron chi connectivity index (χ4n) is 3.07. The topological polar surface area (TPSA) is 38.5 Å². The molecular formula is C14H26F2N2O. The van der Waals surface area contributed by atoms with E-state index in [1.165, 1.54) is 0 Å². The lowest BCUT2D eigenvalue weighted by Gasteiger charge is -2.35. The Hall–Kier alpha value is -0.260. The van der Waals surface area contributed by atoms with Gasteiger partial charge < -0.3 is 15.4 Å². The Morgan fingerprint density at radius 2 is 2.11 bits per heavy atom. The van der Waals surface area contributed by atoms with Crippen LogP contribution in [0.3, 0.4) is 0 Å². The molecule has 0 aromatic rings. The van der Waals surface area contributed by atoms with Gasteiger partial charge in [-0.2, -0.15) is 0 Å². The van der Waals surface area contributed by atoms with Gasteiger partial charge in [0, 0.05) is 19.0 Å². The minimum Gasteiger partial charge on any atom is -0.376 e. The minimum absolute atomic E-state index is 0.0986. The van der Waals surface area contributed by atoms with Gasteiger partial charge in [0.1, 0.15) is 0 Å². The van der Waals surface area contributed by atoms with Crippen molar-refractivity contribution in [2.75, 3.05) is 19.7 Å². The second-order valence-electron chi connectivity index (χ2n) is 6.29. The highest BCUT2D eigenvalue weighted by Gasteiger charge is 2.45. The number of nitrogens with zero attached hydrogens (tertiary/aromatic N) is 1. The molecule has 0 bridgehead atoms. The number of likely N-dealkylation sites (tertiary alicyclic amines) is 1. The van der Waals surface area contributed by atoms with E-state index in [0.29, 0.717) is 31.4 Å². The van der Waals surface area contributed by atoms with Gasteiger partial charge in [0.05, 0.1) is 18.8 Å². The van der Waals surface area contributed by atoms with Crippen molar-refractivity contribution in [2.45, 2.75) is 63.6 Å². The maximum absolute atomic E-state index is 13.5. The smallest absolute Gasteiger partial charge is 0.265 e. The van der Waals surface area contributed by atoms with E-state index in [0.717, 1.165) is 19.5 Å². The fourth-order valence-corrected chi connectivity index (χ4v) is 3.07. The molecule has 1 aliphatic heterocycles. The highest BCUT2D eigenvalue weighted by atomic mass is 19.3. The minimum atomic E-state index is -2.76. The standard InChI is InChI=1S/C14H26F2N2O/c1-10(2)18-7-5-11(8-18)9-19-12-4-3-6-14(15,16)13(12)17/h10-13H,3-9,17H2,1-2H3/t11-,12+,13-/m1/s1. The molecule has 1 heterocycles. The Balaban J connectivity index is 1.77. The van der Waals surface area contributed by atoms with Crippen LogP contribution in [-0.2, 0) is 4.74 Å². The summed E-state index contributed by atoms with van der Waals surface area (Å²) in [5, 5.41) is 0. The summed E-state index contributed by atoms with van der Waals surface area (Å²) in [4.78, 5) is 2.41. The summed E-state index contributed by atoms with van der Waals surface area (Å²) < 4.78 is 32.7. The van der Waals surface area contributed by atoms with E-state index in [2.05, 4.69) is 18.7 Å². The first-order chi connectivity index (χ1) is 8.90. The molecule has 3 atom stereocenters. The van der Waals surface area contributed by atoms with E-state index in [9.17, 15) is 8.78 Å². The second kappa shape index (κ2) is 6.02. The van der Waals surface area contributed by atoms with E-state index in [1.807, 2.05) is 0 Å². The van der Waals surface area contributed by atoms with Gasteiger partial charge in [-0.15, -0.1) is 0 Å². The van der Waals surface area contributed by atoms with Crippen molar-refractivity contribution < 1.29 is 13.5 Å². The first-order valence-electron chi connectivity index (χ1n) is 7.39. The molecular weight excluding hydrogens is 250 g/mol. The van der Waals surface area contributed by atoms with E-state index < -0.39 is 18.1 Å². The normalized spacial score (nSPS) is 36.0. The van der Waals surface area contributed by atoms with Gasteiger partial charge in [-0.05, 0) is 45.6 Å². The highest BCUT2D eigenvalue weighted by Crippen LogP contribution is 2.34. The average molecular weight is 276 g/mol. The van der Waals surface area contributed by atoms with Gasteiger partial charge in [0.15, 0.2) is 0 Å². The van der Waals surface area contributed by atoms with Crippen LogP contribution in [0.4, 0.5) is 8.78 Å². The number of hydrogen-bond acceptors (Lipinski definition) is 3. The van der Waals surface area contributed by atoms with Gasteiger partial charge >= 0.3 is 0 Å². The van der Waals surface area contributed by atoms with Crippen molar-refractivity contribution in [3.05, 3.63) is 0 Å². The lowest BCUT2D eigenvalue weighted by molar-refractivity contribution is -0.119. The number of rotatable bonds is 4. The third-order valence-corrected chi connectivity index (χ3v) is 4.48. The van der Waals surface area contributed by atoms with E-state index in [1.54, 1.807) is 0 Å². The highest BCUT2D eigenvalue weighted by molar-refractivity contribution is 4.92. The zero-order valence-corrected chi connectivity index (χ0v) is 11.9. The first kappa shape index (κ1) is 15.1. The quantitative estimate of drug-likeness (QED) is 0.856. The predicted molar refractivity (Wildman–Crippen MR) is 71.3 cm³/mol. The largest absolute Gasteiger partial charge is 0.376 e. The Labute approximate surface area is 114 Å². The van der Waals surface area contributed by atoms with Crippen LogP contribution in [-0.4, -0.2) is 48.7 Å². The van der Waals surface area contributed by atoms with Gasteiger partial charge in [-0.3, -0.25) is 0 Å². The third-order valence-electron chi connectivity index (χ3n) is 4.48. The zero-order chi connectivity index (χ0) is 14.0. The summed E-state index contributed by atoms with van der Waals surface area (Å²) in [5.41, 5.74) is 5.63. The van der Waals surface area contributed by atoms with Crippen molar-refractivity contribution >= 4 is 0 Å². The van der Waals surface area contributed by atoms with Crippen LogP contribution in [0.25, 0.3) is 0 Å². The fraction of sp³-hybridized carbons (Fsp3) is 1.00. The Morgan fingerprint density at radius 1 is 1.37 bits per heavy atom. The SMILES string of the molecule is CC(C)N1CC[C@@H](CO[C@H]2CCCC(F)(F)[C@@H]2N)C1. The molecule has 0 radical (unpaired) electrons. The lowest BCUT2D eigenvalue weighted by Crippen LogP contribution is -2.53. The van der Waals surface area contributed by atoms with Gasteiger partial charge in [-0.25, -0.2) is 8.78 Å². The molecule has 0 aromatic carbocycles. The first-order valence-corrected chi connectivity index (χ1v) is 7.39. The predicted octanol–water partition coefficient (Wildman–Crippen LogP) is 2.25. The Morgan fingerprint density at radius 3 is 2.74 bits per heavy atom. The second-order valence-corrected chi connectivity index (χ2v) is 6.29. The monoisotopic (exact) mass is 276 g/mol. The van der Waals surface area contributed by atoms with Crippen LogP contribution >= 0.6 is 0 Å².